The molecule has 1 aliphatic rings. The second kappa shape index (κ2) is 6.91. The van der Waals surface area contributed by atoms with Crippen LogP contribution in [0.4, 0.5) is 5.69 Å². The van der Waals surface area contributed by atoms with Crippen LogP contribution in [0.1, 0.15) is 19.8 Å². The van der Waals surface area contributed by atoms with Crippen LogP contribution in [-0.4, -0.2) is 30.9 Å². The fraction of sp³-hybridized carbons (Fsp3) is 0.467. The molecular formula is C15H20ClN3O2. The van der Waals surface area contributed by atoms with Crippen LogP contribution in [0.15, 0.2) is 24.3 Å². The Balaban J connectivity index is 1.96. The molecule has 2 unspecified atom stereocenters. The van der Waals surface area contributed by atoms with Gasteiger partial charge >= 0.3 is 0 Å². The maximum atomic E-state index is 12.4. The van der Waals surface area contributed by atoms with E-state index in [1.807, 2.05) is 13.0 Å². The Morgan fingerprint density at radius 3 is 3.00 bits per heavy atom. The van der Waals surface area contributed by atoms with Gasteiger partial charge in [0.15, 0.2) is 0 Å². The average molecular weight is 310 g/mol. The summed E-state index contributed by atoms with van der Waals surface area (Å²) in [6.45, 7) is 2.91. The van der Waals surface area contributed by atoms with Crippen molar-refractivity contribution >= 4 is 29.1 Å². The Labute approximate surface area is 129 Å². The molecular weight excluding hydrogens is 290 g/mol. The number of nitrogens with two attached hydrogens (primary N) is 1. The van der Waals surface area contributed by atoms with Crippen LogP contribution in [0.3, 0.4) is 0 Å². The molecule has 1 aromatic carbocycles. The van der Waals surface area contributed by atoms with E-state index in [2.05, 4.69) is 5.32 Å². The molecule has 0 spiro atoms. The van der Waals surface area contributed by atoms with Gasteiger partial charge in [-0.15, -0.1) is 0 Å². The Kier molecular flexibility index (Phi) is 5.20. The Morgan fingerprint density at radius 2 is 2.33 bits per heavy atom. The van der Waals surface area contributed by atoms with E-state index in [0.717, 1.165) is 5.69 Å². The van der Waals surface area contributed by atoms with E-state index < -0.39 is 5.92 Å². The number of carbonyl (C=O) groups is 2. The first-order chi connectivity index (χ1) is 9.99. The van der Waals surface area contributed by atoms with Gasteiger partial charge in [0.2, 0.25) is 11.8 Å². The van der Waals surface area contributed by atoms with Crippen molar-refractivity contribution in [1.82, 2.24) is 5.32 Å². The van der Waals surface area contributed by atoms with Gasteiger partial charge in [0, 0.05) is 29.8 Å². The molecule has 3 N–H and O–H groups in total. The van der Waals surface area contributed by atoms with Crippen molar-refractivity contribution in [2.45, 2.75) is 25.8 Å². The fourth-order valence-electron chi connectivity index (χ4n) is 2.37. The van der Waals surface area contributed by atoms with Crippen LogP contribution in [-0.2, 0) is 9.59 Å². The van der Waals surface area contributed by atoms with Crippen LogP contribution in [0.2, 0.25) is 5.02 Å². The fourth-order valence-corrected chi connectivity index (χ4v) is 2.55. The highest BCUT2D eigenvalue weighted by atomic mass is 35.5. The number of rotatable bonds is 5. The molecule has 1 saturated heterocycles. The van der Waals surface area contributed by atoms with Crippen molar-refractivity contribution in [3.63, 3.8) is 0 Å². The first-order valence-corrected chi connectivity index (χ1v) is 7.47. The lowest BCUT2D eigenvalue weighted by molar-refractivity contribution is -0.132. The van der Waals surface area contributed by atoms with Gasteiger partial charge in [0.25, 0.3) is 0 Å². The predicted molar refractivity (Wildman–Crippen MR) is 83.2 cm³/mol. The Hall–Kier alpha value is -1.59. The molecule has 1 aromatic rings. The average Bonchev–Trinajstić information content (AvgIpc) is 2.80. The predicted octanol–water partition coefficient (Wildman–Crippen LogP) is 1.55. The molecule has 114 valence electrons. The summed E-state index contributed by atoms with van der Waals surface area (Å²) in [5, 5.41) is 3.35. The van der Waals surface area contributed by atoms with Crippen LogP contribution < -0.4 is 16.0 Å². The molecule has 1 heterocycles. The van der Waals surface area contributed by atoms with Gasteiger partial charge in [-0.1, -0.05) is 17.7 Å². The van der Waals surface area contributed by atoms with Crippen molar-refractivity contribution in [2.24, 2.45) is 11.7 Å². The van der Waals surface area contributed by atoms with Crippen molar-refractivity contribution in [1.29, 1.82) is 0 Å². The zero-order chi connectivity index (χ0) is 15.4. The lowest BCUT2D eigenvalue weighted by atomic mass is 10.1. The molecule has 21 heavy (non-hydrogen) atoms. The monoisotopic (exact) mass is 309 g/mol. The van der Waals surface area contributed by atoms with Crippen LogP contribution >= 0.6 is 11.6 Å². The lowest BCUT2D eigenvalue weighted by Gasteiger charge is -2.17. The van der Waals surface area contributed by atoms with E-state index in [9.17, 15) is 9.59 Å². The summed E-state index contributed by atoms with van der Waals surface area (Å²) in [5.41, 5.74) is 6.37. The molecule has 1 fully saturated rings. The highest BCUT2D eigenvalue weighted by Crippen LogP contribution is 2.27. The summed E-state index contributed by atoms with van der Waals surface area (Å²) in [7, 11) is 0. The maximum absolute atomic E-state index is 12.4. The molecule has 5 nitrogen and oxygen atoms in total. The summed E-state index contributed by atoms with van der Waals surface area (Å²) in [4.78, 5) is 26.0. The third-order valence-corrected chi connectivity index (χ3v) is 3.78. The highest BCUT2D eigenvalue weighted by molar-refractivity contribution is 6.31. The number of carbonyl (C=O) groups excluding carboxylic acids is 2. The number of benzene rings is 1. The second-order valence-corrected chi connectivity index (χ2v) is 5.80. The standard InChI is InChI=1S/C15H20ClN3O2/c1-10(17)5-7-18-14(20)13-6-8-19(15(13)21)12-4-2-3-11(16)9-12/h2-4,9-10,13H,5-8,17H2,1H3,(H,18,20). The van der Waals surface area contributed by atoms with Gasteiger partial charge in [0.05, 0.1) is 0 Å². The minimum absolute atomic E-state index is 0.0348. The SMILES string of the molecule is CC(N)CCNC(=O)C1CCN(c2cccc(Cl)c2)C1=O. The van der Waals surface area contributed by atoms with E-state index in [1.54, 1.807) is 23.1 Å². The molecule has 2 amide bonds. The van der Waals surface area contributed by atoms with E-state index in [1.165, 1.54) is 0 Å². The van der Waals surface area contributed by atoms with Gasteiger partial charge in [-0.05, 0) is 38.0 Å². The van der Waals surface area contributed by atoms with Crippen molar-refractivity contribution in [2.75, 3.05) is 18.0 Å². The second-order valence-electron chi connectivity index (χ2n) is 5.37. The van der Waals surface area contributed by atoms with E-state index in [-0.39, 0.29) is 17.9 Å². The van der Waals surface area contributed by atoms with Crippen LogP contribution in [0, 0.1) is 5.92 Å². The minimum Gasteiger partial charge on any atom is -0.355 e. The Morgan fingerprint density at radius 1 is 1.57 bits per heavy atom. The number of hydrogen-bond donors (Lipinski definition) is 2. The third kappa shape index (κ3) is 3.95. The summed E-state index contributed by atoms with van der Waals surface area (Å²) in [5.74, 6) is -1.00. The molecule has 0 bridgehead atoms. The van der Waals surface area contributed by atoms with Gasteiger partial charge in [0.1, 0.15) is 5.92 Å². The number of halogens is 1. The zero-order valence-electron chi connectivity index (χ0n) is 12.0. The van der Waals surface area contributed by atoms with E-state index in [4.69, 9.17) is 17.3 Å². The molecule has 6 heteroatoms. The van der Waals surface area contributed by atoms with Crippen molar-refractivity contribution in [3.8, 4) is 0 Å². The van der Waals surface area contributed by atoms with E-state index >= 15 is 0 Å². The molecule has 0 aromatic heterocycles. The summed E-state index contributed by atoms with van der Waals surface area (Å²) >= 11 is 5.94. The molecule has 0 saturated carbocycles. The largest absolute Gasteiger partial charge is 0.355 e. The number of anilines is 1. The number of nitrogens with zero attached hydrogens (tertiary/aromatic N) is 1. The summed E-state index contributed by atoms with van der Waals surface area (Å²) in [6, 6.07) is 7.13. The summed E-state index contributed by atoms with van der Waals surface area (Å²) < 4.78 is 0. The lowest BCUT2D eigenvalue weighted by Crippen LogP contribution is -2.38. The zero-order valence-corrected chi connectivity index (χ0v) is 12.8. The normalized spacial score (nSPS) is 19.7. The molecule has 2 atom stereocenters. The highest BCUT2D eigenvalue weighted by Gasteiger charge is 2.37. The van der Waals surface area contributed by atoms with Gasteiger partial charge in [-0.25, -0.2) is 0 Å². The maximum Gasteiger partial charge on any atom is 0.239 e. The molecule has 1 aliphatic heterocycles. The first-order valence-electron chi connectivity index (χ1n) is 7.09. The minimum atomic E-state index is -0.614. The number of nitrogens with one attached hydrogen (secondary N) is 1. The van der Waals surface area contributed by atoms with Gasteiger partial charge < -0.3 is 16.0 Å². The quantitative estimate of drug-likeness (QED) is 0.810. The van der Waals surface area contributed by atoms with Crippen molar-refractivity contribution in [3.05, 3.63) is 29.3 Å². The Bertz CT molecular complexity index is 533. The van der Waals surface area contributed by atoms with Gasteiger partial charge in [-0.3, -0.25) is 9.59 Å². The first kappa shape index (κ1) is 15.8. The smallest absolute Gasteiger partial charge is 0.239 e. The van der Waals surface area contributed by atoms with Crippen LogP contribution in [0.5, 0.6) is 0 Å². The van der Waals surface area contributed by atoms with Crippen molar-refractivity contribution < 1.29 is 9.59 Å². The summed E-state index contributed by atoms with van der Waals surface area (Å²) in [6.07, 6.45) is 1.22. The number of amides is 2. The molecule has 0 aliphatic carbocycles. The van der Waals surface area contributed by atoms with Crippen LogP contribution in [0.25, 0.3) is 0 Å². The molecule has 0 radical (unpaired) electrons. The van der Waals surface area contributed by atoms with Gasteiger partial charge in [-0.2, -0.15) is 0 Å². The topological polar surface area (TPSA) is 75.4 Å². The van der Waals surface area contributed by atoms with E-state index in [0.29, 0.717) is 31.0 Å². The number of hydrogen-bond acceptors (Lipinski definition) is 3. The third-order valence-electron chi connectivity index (χ3n) is 3.54. The molecule has 2 rings (SSSR count).